The first-order valence-electron chi connectivity index (χ1n) is 22.6. The molecule has 7 N–H and O–H groups in total. The first-order valence-corrected chi connectivity index (χ1v) is 24.1. The van der Waals surface area contributed by atoms with Crippen LogP contribution in [0.5, 0.6) is 0 Å². The van der Waals surface area contributed by atoms with Gasteiger partial charge in [0.25, 0.3) is 0 Å². The van der Waals surface area contributed by atoms with Crippen LogP contribution in [0.1, 0.15) is 142 Å². The number of nitrogens with one attached hydrogen (secondary N) is 5. The number of carboxylic acid groups (broad SMARTS) is 2. The number of carbonyl (C=O) groups is 7. The van der Waals surface area contributed by atoms with E-state index in [1.165, 1.54) is 71.3 Å². The molecule has 5 amide bonds. The summed E-state index contributed by atoms with van der Waals surface area (Å²) >= 11 is 1.97. The first kappa shape index (κ1) is 60.9. The monoisotopic (exact) mass is 1000 g/mol. The SMILES string of the molecule is CCCOCC(=O)NCCOCCOCC(=O)NCCNC(=O)CI.COCCNC(=O)CC[C@H](NC(=O)CCCCCCCCCCCCCCCCCCC(=O)O)C(=O)O. The van der Waals surface area contributed by atoms with E-state index in [0.717, 1.165) is 44.9 Å². The molecular formula is C43H80IN5O13. The van der Waals surface area contributed by atoms with Crippen LogP contribution in [-0.2, 0) is 52.5 Å². The van der Waals surface area contributed by atoms with E-state index >= 15 is 0 Å². The number of unbranched alkanes of at least 4 members (excludes halogenated alkanes) is 15. The quantitative estimate of drug-likeness (QED) is 0.0254. The number of ether oxygens (including phenoxy) is 4. The van der Waals surface area contributed by atoms with Crippen LogP contribution in [0, 0.1) is 0 Å². The van der Waals surface area contributed by atoms with Gasteiger partial charge in [-0.15, -0.1) is 0 Å². The minimum atomic E-state index is -1.12. The van der Waals surface area contributed by atoms with Crippen molar-refractivity contribution < 1.29 is 62.7 Å². The molecule has 0 aliphatic carbocycles. The molecule has 0 aromatic rings. The second-order valence-corrected chi connectivity index (χ2v) is 15.6. The van der Waals surface area contributed by atoms with E-state index in [9.17, 15) is 38.7 Å². The summed E-state index contributed by atoms with van der Waals surface area (Å²) in [4.78, 5) is 79.3. The van der Waals surface area contributed by atoms with Crippen LogP contribution < -0.4 is 26.6 Å². The molecule has 0 fully saturated rings. The van der Waals surface area contributed by atoms with E-state index in [0.29, 0.717) is 69.9 Å². The molecule has 0 aliphatic rings. The molecule has 0 radical (unpaired) electrons. The first-order chi connectivity index (χ1) is 30.0. The molecule has 0 bridgehead atoms. The number of hydrogen-bond acceptors (Lipinski definition) is 11. The number of halogens is 1. The highest BCUT2D eigenvalue weighted by Crippen LogP contribution is 2.14. The van der Waals surface area contributed by atoms with Crippen molar-refractivity contribution in [2.45, 2.75) is 148 Å². The van der Waals surface area contributed by atoms with Crippen molar-refractivity contribution in [3.05, 3.63) is 0 Å². The third-order valence-electron chi connectivity index (χ3n) is 9.11. The lowest BCUT2D eigenvalue weighted by Crippen LogP contribution is -2.41. The van der Waals surface area contributed by atoms with Crippen LogP contribution in [0.25, 0.3) is 0 Å². The lowest BCUT2D eigenvalue weighted by molar-refractivity contribution is -0.142. The molecule has 18 nitrogen and oxygen atoms in total. The number of rotatable bonds is 43. The van der Waals surface area contributed by atoms with Crippen LogP contribution in [0.4, 0.5) is 0 Å². The number of amides is 5. The van der Waals surface area contributed by atoms with Crippen LogP contribution in [0.3, 0.4) is 0 Å². The summed E-state index contributed by atoms with van der Waals surface area (Å²) in [5, 5.41) is 31.0. The Hall–Kier alpha value is -3.14. The molecule has 0 aromatic heterocycles. The van der Waals surface area contributed by atoms with Crippen molar-refractivity contribution in [2.24, 2.45) is 0 Å². The predicted octanol–water partition coefficient (Wildman–Crippen LogP) is 4.43. The van der Waals surface area contributed by atoms with Gasteiger partial charge in [0, 0.05) is 59.2 Å². The Bertz CT molecular complexity index is 1170. The van der Waals surface area contributed by atoms with Crippen LogP contribution >= 0.6 is 22.6 Å². The highest BCUT2D eigenvalue weighted by molar-refractivity contribution is 14.1. The van der Waals surface area contributed by atoms with Gasteiger partial charge in [0.1, 0.15) is 19.3 Å². The second kappa shape index (κ2) is 47.3. The third kappa shape index (κ3) is 47.9. The second-order valence-electron chi connectivity index (χ2n) is 14.8. The molecule has 362 valence electrons. The summed E-state index contributed by atoms with van der Waals surface area (Å²) in [6, 6.07) is -1.05. The molecule has 1 atom stereocenters. The van der Waals surface area contributed by atoms with E-state index in [1.807, 2.05) is 29.5 Å². The molecule has 0 aromatic carbocycles. The fourth-order valence-corrected chi connectivity index (χ4v) is 6.00. The normalized spacial score (nSPS) is 11.1. The largest absolute Gasteiger partial charge is 0.481 e. The van der Waals surface area contributed by atoms with Gasteiger partial charge in [0.15, 0.2) is 0 Å². The van der Waals surface area contributed by atoms with Gasteiger partial charge in [-0.25, -0.2) is 4.79 Å². The van der Waals surface area contributed by atoms with E-state index < -0.39 is 18.0 Å². The van der Waals surface area contributed by atoms with Gasteiger partial charge in [-0.1, -0.05) is 119 Å². The number of methoxy groups -OCH3 is 1. The Morgan fingerprint density at radius 2 is 0.919 bits per heavy atom. The van der Waals surface area contributed by atoms with Gasteiger partial charge < -0.3 is 55.7 Å². The fourth-order valence-electron chi connectivity index (χ4n) is 5.73. The Balaban J connectivity index is 0. The van der Waals surface area contributed by atoms with Crippen molar-refractivity contribution >= 4 is 64.1 Å². The van der Waals surface area contributed by atoms with Crippen LogP contribution in [0.2, 0.25) is 0 Å². The van der Waals surface area contributed by atoms with Crippen LogP contribution in [0.15, 0.2) is 0 Å². The summed E-state index contributed by atoms with van der Waals surface area (Å²) in [6.07, 6.45) is 19.9. The lowest BCUT2D eigenvalue weighted by atomic mass is 10.0. The number of aliphatic carboxylic acids is 2. The van der Waals surface area contributed by atoms with Gasteiger partial charge in [-0.3, -0.25) is 28.8 Å². The average molecular weight is 1000 g/mol. The van der Waals surface area contributed by atoms with Crippen molar-refractivity contribution in [2.75, 3.05) is 84.0 Å². The van der Waals surface area contributed by atoms with Crippen molar-refractivity contribution in [1.29, 1.82) is 0 Å². The molecular weight excluding hydrogens is 921 g/mol. The zero-order valence-corrected chi connectivity index (χ0v) is 39.8. The number of alkyl halides is 1. The van der Waals surface area contributed by atoms with Crippen molar-refractivity contribution in [3.63, 3.8) is 0 Å². The van der Waals surface area contributed by atoms with Crippen molar-refractivity contribution in [1.82, 2.24) is 26.6 Å². The molecule has 0 saturated heterocycles. The maximum atomic E-state index is 12.1. The zero-order valence-electron chi connectivity index (χ0n) is 37.7. The summed E-state index contributed by atoms with van der Waals surface area (Å²) in [5.74, 6) is -2.82. The van der Waals surface area contributed by atoms with Gasteiger partial charge in [0.05, 0.1) is 30.9 Å². The van der Waals surface area contributed by atoms with Gasteiger partial charge >= 0.3 is 11.9 Å². The van der Waals surface area contributed by atoms with E-state index in [2.05, 4.69) is 26.6 Å². The molecule has 62 heavy (non-hydrogen) atoms. The Morgan fingerprint density at radius 3 is 1.40 bits per heavy atom. The molecule has 19 heteroatoms. The molecule has 0 unspecified atom stereocenters. The average Bonchev–Trinajstić information content (AvgIpc) is 3.24. The maximum absolute atomic E-state index is 12.1. The molecule has 0 saturated carbocycles. The van der Waals surface area contributed by atoms with Crippen LogP contribution in [-0.4, -0.2) is 142 Å². The standard InChI is InChI=1S/C28H52N2O7.C15H28IN3O6/c1-37-23-22-29-25(31)21-20-24(28(35)36)30-26(32)18-16-14-12-10-8-6-4-2-3-5-7-9-11-13-15-17-19-27(33)34;1-2-6-24-11-15(22)19-5-7-23-8-9-25-12-14(21)18-4-3-17-13(20)10-16/h24H,2-23H2,1H3,(H,29,31)(H,30,32)(H,33,34)(H,35,36);2-12H2,1H3,(H,17,20)(H,18,21)(H,19,22)/t24-;/m0./s1. The van der Waals surface area contributed by atoms with Gasteiger partial charge in [0.2, 0.25) is 29.5 Å². The summed E-state index contributed by atoms with van der Waals surface area (Å²) in [7, 11) is 1.53. The zero-order chi connectivity index (χ0) is 46.3. The highest BCUT2D eigenvalue weighted by atomic mass is 127. The Labute approximate surface area is 383 Å². The fraction of sp³-hybridized carbons (Fsp3) is 0.837. The highest BCUT2D eigenvalue weighted by Gasteiger charge is 2.20. The van der Waals surface area contributed by atoms with Gasteiger partial charge in [-0.05, 0) is 25.7 Å². The third-order valence-corrected chi connectivity index (χ3v) is 9.81. The Morgan fingerprint density at radius 1 is 0.484 bits per heavy atom. The van der Waals surface area contributed by atoms with E-state index in [4.69, 9.17) is 24.1 Å². The van der Waals surface area contributed by atoms with Gasteiger partial charge in [-0.2, -0.15) is 0 Å². The molecule has 0 spiro atoms. The molecule has 0 rings (SSSR count). The minimum absolute atomic E-state index is 0.0402. The summed E-state index contributed by atoms with van der Waals surface area (Å²) in [6.45, 7) is 5.47. The summed E-state index contributed by atoms with van der Waals surface area (Å²) in [5.41, 5.74) is 0. The molecule has 0 heterocycles. The minimum Gasteiger partial charge on any atom is -0.481 e. The Kier molecular flexibility index (Phi) is 46.5. The van der Waals surface area contributed by atoms with E-state index in [-0.39, 0.29) is 62.2 Å². The lowest BCUT2D eigenvalue weighted by Gasteiger charge is -2.14. The molecule has 0 aliphatic heterocycles. The van der Waals surface area contributed by atoms with E-state index in [1.54, 1.807) is 0 Å². The topological polar surface area (TPSA) is 257 Å². The summed E-state index contributed by atoms with van der Waals surface area (Å²) < 4.78 is 20.8. The van der Waals surface area contributed by atoms with Crippen molar-refractivity contribution in [3.8, 4) is 0 Å². The number of hydrogen-bond donors (Lipinski definition) is 7. The number of carboxylic acids is 2. The smallest absolute Gasteiger partial charge is 0.326 e. The predicted molar refractivity (Wildman–Crippen MR) is 245 cm³/mol. The number of carbonyl (C=O) groups excluding carboxylic acids is 5. The maximum Gasteiger partial charge on any atom is 0.326 e.